The first kappa shape index (κ1) is 17.3. The monoisotopic (exact) mass is 282 g/mol. The summed E-state index contributed by atoms with van der Waals surface area (Å²) in [5.41, 5.74) is 0. The minimum absolute atomic E-state index is 0.478. The van der Waals surface area contributed by atoms with E-state index in [0.29, 0.717) is 6.04 Å². The molecule has 1 rings (SSSR count). The summed E-state index contributed by atoms with van der Waals surface area (Å²) in [7, 11) is 4.12. The lowest BCUT2D eigenvalue weighted by molar-refractivity contribution is 0.190. The molecule has 0 amide bonds. The van der Waals surface area contributed by atoms with Crippen LogP contribution in [0.15, 0.2) is 4.99 Å². The molecular formula is C16H34N4. The van der Waals surface area contributed by atoms with Crippen LogP contribution in [-0.4, -0.2) is 50.1 Å². The largest absolute Gasteiger partial charge is 0.356 e. The molecule has 0 aliphatic heterocycles. The fraction of sp³-hybridized carbons (Fsp3) is 0.938. The predicted octanol–water partition coefficient (Wildman–Crippen LogP) is 2.60. The van der Waals surface area contributed by atoms with Crippen molar-refractivity contribution >= 4 is 5.96 Å². The van der Waals surface area contributed by atoms with Crippen molar-refractivity contribution in [2.75, 3.05) is 27.2 Å². The van der Waals surface area contributed by atoms with Gasteiger partial charge in [-0.15, -0.1) is 0 Å². The highest BCUT2D eigenvalue weighted by atomic mass is 15.2. The van der Waals surface area contributed by atoms with Gasteiger partial charge in [0, 0.05) is 25.7 Å². The van der Waals surface area contributed by atoms with Gasteiger partial charge in [0.1, 0.15) is 0 Å². The number of nitrogens with one attached hydrogen (secondary N) is 2. The van der Waals surface area contributed by atoms with Crippen LogP contribution in [0.1, 0.15) is 58.8 Å². The zero-order chi connectivity index (χ0) is 14.8. The van der Waals surface area contributed by atoms with Gasteiger partial charge in [-0.3, -0.25) is 4.99 Å². The van der Waals surface area contributed by atoms with Gasteiger partial charge < -0.3 is 15.5 Å². The molecule has 0 aromatic carbocycles. The first-order valence-corrected chi connectivity index (χ1v) is 8.34. The van der Waals surface area contributed by atoms with Crippen molar-refractivity contribution in [1.29, 1.82) is 0 Å². The number of nitrogens with zero attached hydrogens (tertiary/aromatic N) is 2. The molecule has 0 saturated heterocycles. The third-order valence-electron chi connectivity index (χ3n) is 4.40. The topological polar surface area (TPSA) is 39.7 Å². The van der Waals surface area contributed by atoms with Crippen LogP contribution < -0.4 is 10.6 Å². The van der Waals surface area contributed by atoms with Crippen LogP contribution in [0.3, 0.4) is 0 Å². The molecule has 1 aliphatic rings. The molecule has 0 aromatic rings. The zero-order valence-electron chi connectivity index (χ0n) is 13.9. The lowest BCUT2D eigenvalue weighted by atomic mass is 9.94. The summed E-state index contributed by atoms with van der Waals surface area (Å²) in [6.45, 7) is 6.54. The number of guanidine groups is 1. The fourth-order valence-corrected chi connectivity index (χ4v) is 2.77. The molecule has 20 heavy (non-hydrogen) atoms. The highest BCUT2D eigenvalue weighted by molar-refractivity contribution is 5.79. The van der Waals surface area contributed by atoms with Gasteiger partial charge in [0.25, 0.3) is 0 Å². The van der Waals surface area contributed by atoms with E-state index in [-0.39, 0.29) is 0 Å². The predicted molar refractivity (Wildman–Crippen MR) is 88.4 cm³/mol. The minimum atomic E-state index is 0.478. The Labute approximate surface area is 125 Å². The molecule has 0 radical (unpaired) electrons. The van der Waals surface area contributed by atoms with E-state index in [9.17, 15) is 0 Å². The molecule has 1 saturated carbocycles. The normalized spacial score (nSPS) is 19.1. The first-order chi connectivity index (χ1) is 9.67. The standard InChI is InChI=1S/C16H34N4/c1-5-14(2)19-16(17-3)18-12-9-13-20(4)15-10-7-6-8-11-15/h14-15H,5-13H2,1-4H3,(H2,17,18,19). The van der Waals surface area contributed by atoms with Gasteiger partial charge >= 0.3 is 0 Å². The van der Waals surface area contributed by atoms with Crippen LogP contribution >= 0.6 is 0 Å². The molecule has 0 spiro atoms. The SMILES string of the molecule is CCC(C)NC(=NC)NCCCN(C)C1CCCCC1. The van der Waals surface area contributed by atoms with E-state index in [1.165, 1.54) is 45.1 Å². The molecule has 118 valence electrons. The molecule has 4 heteroatoms. The van der Waals surface area contributed by atoms with Gasteiger partial charge in [0.15, 0.2) is 5.96 Å². The van der Waals surface area contributed by atoms with Crippen molar-refractivity contribution in [3.63, 3.8) is 0 Å². The number of rotatable bonds is 7. The van der Waals surface area contributed by atoms with Gasteiger partial charge in [-0.05, 0) is 46.2 Å². The van der Waals surface area contributed by atoms with E-state index in [1.807, 2.05) is 7.05 Å². The van der Waals surface area contributed by atoms with Crippen LogP contribution in [-0.2, 0) is 0 Å². The van der Waals surface area contributed by atoms with Gasteiger partial charge in [-0.25, -0.2) is 0 Å². The van der Waals surface area contributed by atoms with Crippen molar-refractivity contribution in [2.45, 2.75) is 70.9 Å². The smallest absolute Gasteiger partial charge is 0.191 e. The van der Waals surface area contributed by atoms with Crippen LogP contribution in [0.2, 0.25) is 0 Å². The molecular weight excluding hydrogens is 248 g/mol. The maximum Gasteiger partial charge on any atom is 0.191 e. The van der Waals surface area contributed by atoms with Crippen LogP contribution in [0, 0.1) is 0 Å². The molecule has 1 unspecified atom stereocenters. The average molecular weight is 282 g/mol. The maximum atomic E-state index is 4.26. The van der Waals surface area contributed by atoms with Gasteiger partial charge in [0.2, 0.25) is 0 Å². The Kier molecular flexibility index (Phi) is 8.67. The van der Waals surface area contributed by atoms with Crippen molar-refractivity contribution < 1.29 is 0 Å². The van der Waals surface area contributed by atoms with E-state index in [2.05, 4.69) is 41.4 Å². The summed E-state index contributed by atoms with van der Waals surface area (Å²) in [5.74, 6) is 0.930. The average Bonchev–Trinajstić information content (AvgIpc) is 2.50. The van der Waals surface area contributed by atoms with E-state index in [1.54, 1.807) is 0 Å². The molecule has 2 N–H and O–H groups in total. The molecule has 0 heterocycles. The second-order valence-corrected chi connectivity index (χ2v) is 6.08. The summed E-state index contributed by atoms with van der Waals surface area (Å²) >= 11 is 0. The highest BCUT2D eigenvalue weighted by Gasteiger charge is 2.17. The van der Waals surface area contributed by atoms with E-state index < -0.39 is 0 Å². The van der Waals surface area contributed by atoms with Crippen molar-refractivity contribution in [3.8, 4) is 0 Å². The lowest BCUT2D eigenvalue weighted by Crippen LogP contribution is -2.43. The Morgan fingerprint density at radius 3 is 2.60 bits per heavy atom. The summed E-state index contributed by atoms with van der Waals surface area (Å²) in [4.78, 5) is 6.81. The Bertz CT molecular complexity index is 272. The number of hydrogen-bond donors (Lipinski definition) is 2. The van der Waals surface area contributed by atoms with Crippen molar-refractivity contribution in [2.24, 2.45) is 4.99 Å². The van der Waals surface area contributed by atoms with Crippen molar-refractivity contribution in [3.05, 3.63) is 0 Å². The maximum absolute atomic E-state index is 4.26. The number of hydrogen-bond acceptors (Lipinski definition) is 2. The van der Waals surface area contributed by atoms with Gasteiger partial charge in [-0.2, -0.15) is 0 Å². The second-order valence-electron chi connectivity index (χ2n) is 6.08. The first-order valence-electron chi connectivity index (χ1n) is 8.34. The van der Waals surface area contributed by atoms with Crippen LogP contribution in [0.25, 0.3) is 0 Å². The quantitative estimate of drug-likeness (QED) is 0.428. The Morgan fingerprint density at radius 2 is 2.00 bits per heavy atom. The van der Waals surface area contributed by atoms with E-state index >= 15 is 0 Å². The van der Waals surface area contributed by atoms with Crippen LogP contribution in [0.5, 0.6) is 0 Å². The molecule has 4 nitrogen and oxygen atoms in total. The third-order valence-corrected chi connectivity index (χ3v) is 4.40. The molecule has 1 fully saturated rings. The summed E-state index contributed by atoms with van der Waals surface area (Å²) in [6, 6.07) is 1.30. The van der Waals surface area contributed by atoms with E-state index in [4.69, 9.17) is 0 Å². The molecule has 1 atom stereocenters. The van der Waals surface area contributed by atoms with Gasteiger partial charge in [-0.1, -0.05) is 26.2 Å². The number of aliphatic imine (C=N–C) groups is 1. The summed E-state index contributed by atoms with van der Waals surface area (Å²) in [5, 5.41) is 6.80. The Balaban J connectivity index is 2.13. The zero-order valence-corrected chi connectivity index (χ0v) is 13.9. The second kappa shape index (κ2) is 10.0. The summed E-state index contributed by atoms with van der Waals surface area (Å²) in [6.07, 6.45) is 9.34. The van der Waals surface area contributed by atoms with Gasteiger partial charge in [0.05, 0.1) is 0 Å². The minimum Gasteiger partial charge on any atom is -0.356 e. The summed E-state index contributed by atoms with van der Waals surface area (Å²) < 4.78 is 0. The highest BCUT2D eigenvalue weighted by Crippen LogP contribution is 2.21. The lowest BCUT2D eigenvalue weighted by Gasteiger charge is -2.31. The van der Waals surface area contributed by atoms with Crippen molar-refractivity contribution in [1.82, 2.24) is 15.5 Å². The third kappa shape index (κ3) is 6.60. The molecule has 1 aliphatic carbocycles. The van der Waals surface area contributed by atoms with Crippen LogP contribution in [0.4, 0.5) is 0 Å². The fourth-order valence-electron chi connectivity index (χ4n) is 2.77. The Morgan fingerprint density at radius 1 is 1.30 bits per heavy atom. The van der Waals surface area contributed by atoms with E-state index in [0.717, 1.165) is 25.0 Å². The Hall–Kier alpha value is -0.770. The molecule has 0 bridgehead atoms. The molecule has 0 aromatic heterocycles.